The number of aliphatic carboxylic acids is 2. The van der Waals surface area contributed by atoms with Crippen molar-refractivity contribution in [2.75, 3.05) is 37.7 Å². The first-order chi connectivity index (χ1) is 44.8. The van der Waals surface area contributed by atoms with Gasteiger partial charge in [0.2, 0.25) is 59.1 Å². The predicted octanol–water partition coefficient (Wildman–Crippen LogP) is -1.48. The van der Waals surface area contributed by atoms with Gasteiger partial charge in [-0.25, -0.2) is 0 Å². The molecule has 10 amide bonds. The molecule has 0 radical (unpaired) electrons. The molecule has 0 saturated carbocycles. The van der Waals surface area contributed by atoms with E-state index in [0.717, 1.165) is 24.0 Å². The number of rotatable bonds is 26. The first kappa shape index (κ1) is 76.6. The van der Waals surface area contributed by atoms with E-state index in [0.29, 0.717) is 50.0 Å². The van der Waals surface area contributed by atoms with Crippen molar-refractivity contribution in [3.05, 3.63) is 71.3 Å². The second kappa shape index (κ2) is 39.6. The zero-order chi connectivity index (χ0) is 68.9. The van der Waals surface area contributed by atoms with Crippen molar-refractivity contribution in [3.8, 4) is 0 Å². The van der Waals surface area contributed by atoms with Gasteiger partial charge in [-0.15, -0.1) is 0 Å². The fraction of sp³-hybridized carbons (Fsp3) is 0.597. The number of thioether (sulfide) groups is 2. The molecular formula is C62H92N14O16S2. The smallest absolute Gasteiger partial charge is 0.305 e. The quantitative estimate of drug-likeness (QED) is 0.0290. The van der Waals surface area contributed by atoms with E-state index in [1.165, 1.54) is 35.3 Å². The van der Waals surface area contributed by atoms with Gasteiger partial charge in [0.05, 0.1) is 24.6 Å². The van der Waals surface area contributed by atoms with E-state index in [1.807, 2.05) is 31.2 Å². The van der Waals surface area contributed by atoms with Crippen LogP contribution in [-0.2, 0) is 75.5 Å². The van der Waals surface area contributed by atoms with Crippen LogP contribution in [0.1, 0.15) is 127 Å². The lowest BCUT2D eigenvalue weighted by Gasteiger charge is -2.37. The Morgan fingerprint density at radius 1 is 0.702 bits per heavy atom. The molecule has 3 aliphatic rings. The van der Waals surface area contributed by atoms with Crippen molar-refractivity contribution in [3.63, 3.8) is 0 Å². The fourth-order valence-corrected chi connectivity index (χ4v) is 13.1. The number of nitrogens with one attached hydrogen (secondary N) is 10. The third kappa shape index (κ3) is 25.7. The van der Waals surface area contributed by atoms with Gasteiger partial charge in [0.1, 0.15) is 48.5 Å². The molecule has 2 fully saturated rings. The highest BCUT2D eigenvalue weighted by atomic mass is 32.2. The second-order valence-electron chi connectivity index (χ2n) is 23.6. The molecule has 2 aromatic carbocycles. The van der Waals surface area contributed by atoms with E-state index in [1.54, 1.807) is 35.2 Å². The molecule has 32 heteroatoms. The molecule has 0 aromatic heterocycles. The van der Waals surface area contributed by atoms with Crippen LogP contribution in [0, 0.1) is 5.41 Å². The molecule has 3 heterocycles. The summed E-state index contributed by atoms with van der Waals surface area (Å²) in [7, 11) is 0. The lowest BCUT2D eigenvalue weighted by Crippen LogP contribution is -2.62. The number of nitrogens with zero attached hydrogens (tertiary/aromatic N) is 2. The molecule has 5 rings (SSSR count). The highest BCUT2D eigenvalue weighted by Gasteiger charge is 2.45. The highest BCUT2D eigenvalue weighted by Crippen LogP contribution is 2.29. The summed E-state index contributed by atoms with van der Waals surface area (Å²) in [4.78, 5) is 166. The van der Waals surface area contributed by atoms with Crippen LogP contribution in [-0.4, -0.2) is 212 Å². The standard InChI is InChI=1S/C62H92N14O16S2/c1-3-4-6-21-48(78)69-45-35-94-33-39-17-9-16-38(29-39)32-93-34-44(57(88)72-43(31-51(82)83)54(85)66-25-11-22-49(79)68-40(53(63)84)18-10-26-67-62(64)65)73-56(87)42(30-37-14-7-5-8-15-37)71-55(86)41(23-24-50(80)81)70-59(90)52(36(2)77)74-58(89)46-19-12-27-75(46)61(92)47-20-13-28-76(47)60(45)91/h5,7-9,14-17,29,36,40-47,52,60,77,91H,3-4,6,10-13,18-28,30-35H2,1-2H3,(H2,63,84)(H,66,85)(H,68,79)(H,69,78)(H,70,90)(H,71,86)(H,72,88)(H,73,87)(H,74,89)(H,80,81)(H,82,83)(H4,64,65,67)/t36-,40+,41+,42+,43+,44+,45+,46+,47+,52+,60?/m1/s1. The summed E-state index contributed by atoms with van der Waals surface area (Å²) >= 11 is 2.60. The highest BCUT2D eigenvalue weighted by molar-refractivity contribution is 7.98. The Hall–Kier alpha value is -8.07. The van der Waals surface area contributed by atoms with E-state index < -0.39 is 151 Å². The van der Waals surface area contributed by atoms with E-state index in [2.05, 4.69) is 47.9 Å². The third-order valence-electron chi connectivity index (χ3n) is 16.0. The van der Waals surface area contributed by atoms with Gasteiger partial charge >= 0.3 is 11.9 Å². The molecule has 11 atom stereocenters. The van der Waals surface area contributed by atoms with Crippen molar-refractivity contribution >= 4 is 100 Å². The number of primary amides is 1. The maximum atomic E-state index is 14.8. The number of carbonyl (C=O) groups excluding carboxylic acids is 10. The molecule has 0 aliphatic carbocycles. The average molecular weight is 1350 g/mol. The zero-order valence-electron chi connectivity index (χ0n) is 53.1. The van der Waals surface area contributed by atoms with Crippen LogP contribution in [0.4, 0.5) is 0 Å². The van der Waals surface area contributed by atoms with Crippen molar-refractivity contribution < 1.29 is 78.0 Å². The largest absolute Gasteiger partial charge is 0.481 e. The first-order valence-electron chi connectivity index (χ1n) is 31.7. The number of fused-ring (bicyclic) bond motifs is 4. The van der Waals surface area contributed by atoms with Crippen LogP contribution in [0.15, 0.2) is 54.6 Å². The molecule has 18 N–H and O–H groups in total. The Labute approximate surface area is 554 Å². The van der Waals surface area contributed by atoms with Crippen molar-refractivity contribution in [2.45, 2.75) is 195 Å². The molecule has 2 aromatic rings. The van der Waals surface area contributed by atoms with Gasteiger partial charge in [0.15, 0.2) is 5.96 Å². The Bertz CT molecular complexity index is 2950. The minimum absolute atomic E-state index is 0.00636. The topological polar surface area (TPSA) is 476 Å². The minimum Gasteiger partial charge on any atom is -0.481 e. The van der Waals surface area contributed by atoms with Crippen LogP contribution >= 0.6 is 23.5 Å². The lowest BCUT2D eigenvalue weighted by atomic mass is 10.0. The van der Waals surface area contributed by atoms with E-state index in [4.69, 9.17) is 16.9 Å². The fourth-order valence-electron chi connectivity index (χ4n) is 11.1. The van der Waals surface area contributed by atoms with Crippen LogP contribution in [0.5, 0.6) is 0 Å². The maximum Gasteiger partial charge on any atom is 0.305 e. The van der Waals surface area contributed by atoms with Gasteiger partial charge in [-0.1, -0.05) is 74.4 Å². The summed E-state index contributed by atoms with van der Waals surface area (Å²) in [6.07, 6.45) is -1.23. The number of aliphatic hydroxyl groups is 2. The number of benzene rings is 2. The second-order valence-corrected chi connectivity index (χ2v) is 25.6. The van der Waals surface area contributed by atoms with Gasteiger partial charge < -0.3 is 84.6 Å². The molecular weight excluding hydrogens is 1260 g/mol. The monoisotopic (exact) mass is 1350 g/mol. The summed E-state index contributed by atoms with van der Waals surface area (Å²) < 4.78 is 0. The Morgan fingerprint density at radius 2 is 1.35 bits per heavy atom. The summed E-state index contributed by atoms with van der Waals surface area (Å²) in [5.41, 5.74) is 12.9. The number of hydrogen-bond donors (Lipinski definition) is 16. The number of carboxylic acids is 2. The summed E-state index contributed by atoms with van der Waals surface area (Å²) in [6, 6.07) is 3.40. The van der Waals surface area contributed by atoms with Gasteiger partial charge in [0.25, 0.3) is 0 Å². The molecule has 518 valence electrons. The van der Waals surface area contributed by atoms with Crippen LogP contribution in [0.2, 0.25) is 0 Å². The molecule has 3 aliphatic heterocycles. The SMILES string of the molecule is CCCCCC(=O)N[C@H]1CSCc2cccc(c2)CSC[C@@H](C(=O)N[C@@H](CC(=O)O)C(=O)NCCCC(=O)N[C@@H](CCCNC(=N)N)C(N)=O)NC(=O)[C@H](Cc2ccccc2)NC(=O)[C@H](CCC(=O)O)NC(=O)[C@H]([C@@H](C)O)NC(=O)[C@@H]2CCCN2C(=O)[C@@H]2CCCN2C1O. The van der Waals surface area contributed by atoms with E-state index in [9.17, 15) is 78.0 Å². The minimum atomic E-state index is -1.77. The van der Waals surface area contributed by atoms with Gasteiger partial charge in [-0.2, -0.15) is 23.5 Å². The predicted molar refractivity (Wildman–Crippen MR) is 348 cm³/mol. The average Bonchev–Trinajstić information content (AvgIpc) is 1.62. The number of carbonyl (C=O) groups is 12. The zero-order valence-corrected chi connectivity index (χ0v) is 54.7. The van der Waals surface area contributed by atoms with Gasteiger partial charge in [-0.05, 0) is 81.4 Å². The number of nitrogens with two attached hydrogens (primary N) is 2. The normalized spacial score (nSPS) is 23.1. The number of amides is 10. The third-order valence-corrected chi connectivity index (χ3v) is 18.3. The maximum absolute atomic E-state index is 14.8. The van der Waals surface area contributed by atoms with Crippen molar-refractivity contribution in [1.82, 2.24) is 57.7 Å². The molecule has 2 saturated heterocycles. The lowest BCUT2D eigenvalue weighted by molar-refractivity contribution is -0.146. The summed E-state index contributed by atoms with van der Waals surface area (Å²) in [5, 5.41) is 73.5. The summed E-state index contributed by atoms with van der Waals surface area (Å²) in [6.45, 7) is 3.70. The number of hydrogen-bond acceptors (Lipinski definition) is 18. The van der Waals surface area contributed by atoms with Gasteiger partial charge in [0, 0.05) is 74.9 Å². The van der Waals surface area contributed by atoms with Crippen LogP contribution in [0.3, 0.4) is 0 Å². The Kier molecular flexibility index (Phi) is 32.3. The Balaban J connectivity index is 1.48. The molecule has 30 nitrogen and oxygen atoms in total. The number of guanidine groups is 1. The van der Waals surface area contributed by atoms with Gasteiger partial charge in [-0.3, -0.25) is 67.8 Å². The van der Waals surface area contributed by atoms with Crippen LogP contribution in [0.25, 0.3) is 0 Å². The van der Waals surface area contributed by atoms with Crippen molar-refractivity contribution in [1.29, 1.82) is 5.41 Å². The van der Waals surface area contributed by atoms with E-state index >= 15 is 0 Å². The first-order valence-corrected chi connectivity index (χ1v) is 34.0. The molecule has 0 spiro atoms. The number of carboxylic acid groups (broad SMARTS) is 2. The Morgan fingerprint density at radius 3 is 2.01 bits per heavy atom. The molecule has 94 heavy (non-hydrogen) atoms. The molecule has 1 unspecified atom stereocenters. The van der Waals surface area contributed by atoms with E-state index in [-0.39, 0.29) is 87.3 Å². The van der Waals surface area contributed by atoms with Crippen LogP contribution < -0.4 is 59.3 Å². The number of aliphatic hydroxyl groups excluding tert-OH is 2. The molecule has 2 bridgehead atoms. The van der Waals surface area contributed by atoms with Crippen molar-refractivity contribution in [2.24, 2.45) is 11.5 Å². The summed E-state index contributed by atoms with van der Waals surface area (Å²) in [5.74, 6) is -10.6. The number of unbranched alkanes of at least 4 members (excludes halogenated alkanes) is 2.